The summed E-state index contributed by atoms with van der Waals surface area (Å²) in [7, 11) is -3.37. The van der Waals surface area contributed by atoms with Crippen LogP contribution in [-0.2, 0) is 9.84 Å². The molecule has 1 aromatic carbocycles. The van der Waals surface area contributed by atoms with Gasteiger partial charge in [-0.15, -0.1) is 0 Å². The molecule has 0 bridgehead atoms. The van der Waals surface area contributed by atoms with E-state index in [1.54, 1.807) is 12.1 Å². The molecule has 148 valence electrons. The van der Waals surface area contributed by atoms with Gasteiger partial charge in [-0.1, -0.05) is 12.1 Å². The number of sulfone groups is 1. The highest BCUT2D eigenvalue weighted by molar-refractivity contribution is 7.90. The summed E-state index contributed by atoms with van der Waals surface area (Å²) in [4.78, 5) is 0.924. The first-order chi connectivity index (χ1) is 11.7. The average Bonchev–Trinajstić information content (AvgIpc) is 2.53. The molecule has 26 heavy (non-hydrogen) atoms. The molecule has 1 heterocycles. The zero-order valence-corrected chi connectivity index (χ0v) is 14.8. The van der Waals surface area contributed by atoms with Gasteiger partial charge < -0.3 is 35.7 Å². The van der Waals surface area contributed by atoms with Crippen molar-refractivity contribution in [2.75, 3.05) is 19.3 Å². The van der Waals surface area contributed by atoms with Gasteiger partial charge in [-0.25, -0.2) is 13.3 Å². The van der Waals surface area contributed by atoms with Crippen LogP contribution in [0.2, 0.25) is 0 Å². The smallest absolute Gasteiger partial charge is 0.340 e. The van der Waals surface area contributed by atoms with E-state index >= 15 is 0 Å². The molecule has 7 N–H and O–H groups in total. The van der Waals surface area contributed by atoms with Gasteiger partial charge in [0, 0.05) is 19.3 Å². The van der Waals surface area contributed by atoms with E-state index in [0.29, 0.717) is 12.8 Å². The number of rotatable bonds is 5. The summed E-state index contributed by atoms with van der Waals surface area (Å²) in [6.07, 6.45) is 1.68. The Bertz CT molecular complexity index is 747. The molecule has 0 atom stereocenters. The molecule has 1 aromatic rings. The maximum absolute atomic E-state index is 11.7. The van der Waals surface area contributed by atoms with Gasteiger partial charge >= 0.3 is 11.8 Å². The van der Waals surface area contributed by atoms with Crippen LogP contribution >= 0.6 is 0 Å². The fourth-order valence-corrected chi connectivity index (χ4v) is 3.65. The van der Waals surface area contributed by atoms with Gasteiger partial charge in [0.05, 0.1) is 4.90 Å². The summed E-state index contributed by atoms with van der Waals surface area (Å²) < 4.78 is 23.3. The van der Waals surface area contributed by atoms with E-state index in [-0.39, 0.29) is 23.9 Å². The van der Waals surface area contributed by atoms with Crippen LogP contribution in [0, 0.1) is 0 Å². The van der Waals surface area contributed by atoms with E-state index in [1.165, 1.54) is 12.1 Å². The van der Waals surface area contributed by atoms with E-state index in [9.17, 15) is 28.8 Å². The number of hydrogen-bond donors (Lipinski definition) is 7. The number of nitrogens with zero attached hydrogens (tertiary/aromatic N) is 1. The Morgan fingerprint density at radius 1 is 1.00 bits per heavy atom. The monoisotopic (exact) mass is 393 g/mol. The highest BCUT2D eigenvalue weighted by Crippen LogP contribution is 2.35. The van der Waals surface area contributed by atoms with Crippen LogP contribution in [0.3, 0.4) is 0 Å². The molecule has 0 amide bonds. The first-order valence-electron chi connectivity index (χ1n) is 7.79. The lowest BCUT2D eigenvalue weighted by Crippen LogP contribution is -2.74. The van der Waals surface area contributed by atoms with Crippen LogP contribution in [0.1, 0.15) is 24.3 Å². The van der Waals surface area contributed by atoms with Crippen molar-refractivity contribution in [1.29, 1.82) is 0 Å². The lowest BCUT2D eigenvalue weighted by Gasteiger charge is -2.47. The van der Waals surface area contributed by atoms with E-state index in [0.717, 1.165) is 16.7 Å². The van der Waals surface area contributed by atoms with E-state index in [4.69, 9.17) is 15.3 Å². The lowest BCUT2D eigenvalue weighted by atomic mass is 9.88. The quantitative estimate of drug-likeness (QED) is 0.259. The van der Waals surface area contributed by atoms with Crippen molar-refractivity contribution >= 4 is 9.84 Å². The molecule has 2 rings (SSSR count). The molecule has 0 aliphatic carbocycles. The predicted octanol–water partition coefficient (Wildman–Crippen LogP) is -2.78. The zero-order chi connectivity index (χ0) is 20.0. The summed E-state index contributed by atoms with van der Waals surface area (Å²) in [5.41, 5.74) is 0.731. The number of likely N-dealkylation sites (tertiary alicyclic amines) is 1. The lowest BCUT2D eigenvalue weighted by molar-refractivity contribution is -0.531. The second-order valence-electron chi connectivity index (χ2n) is 6.55. The molecule has 0 saturated carbocycles. The van der Waals surface area contributed by atoms with Crippen molar-refractivity contribution in [3.05, 3.63) is 29.8 Å². The first kappa shape index (κ1) is 21.2. The Morgan fingerprint density at radius 2 is 1.54 bits per heavy atom. The minimum absolute atomic E-state index is 0.0975. The fraction of sp³-hybridized carbons (Fsp3) is 0.600. The van der Waals surface area contributed by atoms with Crippen molar-refractivity contribution in [2.45, 2.75) is 41.3 Å². The minimum Gasteiger partial charge on any atom is -0.354 e. The summed E-state index contributed by atoms with van der Waals surface area (Å²) in [5.74, 6) is -11.9. The fourth-order valence-electron chi connectivity index (χ4n) is 2.97. The van der Waals surface area contributed by atoms with Crippen LogP contribution in [0.5, 0.6) is 0 Å². The van der Waals surface area contributed by atoms with Crippen molar-refractivity contribution in [2.24, 2.45) is 0 Å². The van der Waals surface area contributed by atoms with Gasteiger partial charge in [0.1, 0.15) is 0 Å². The van der Waals surface area contributed by atoms with Gasteiger partial charge in [0.25, 0.3) is 5.91 Å². The molecule has 1 fully saturated rings. The highest BCUT2D eigenvalue weighted by Gasteiger charge is 2.64. The largest absolute Gasteiger partial charge is 0.354 e. The van der Waals surface area contributed by atoms with E-state index < -0.39 is 27.5 Å². The standard InChI is InChI=1S/C15H23NO9S/c1-26(24,25)12-4-2-3-11(9-12)10-5-7-16(8-6-10)14(19,20)13(17,18)15(21,22)23/h2-4,9-10,17-23H,5-8H2,1H3. The Labute approximate surface area is 150 Å². The van der Waals surface area contributed by atoms with Gasteiger partial charge in [-0.2, -0.15) is 0 Å². The maximum Gasteiger partial charge on any atom is 0.340 e. The molecule has 0 radical (unpaired) electrons. The molecule has 10 nitrogen and oxygen atoms in total. The topological polar surface area (TPSA) is 179 Å². The zero-order valence-electron chi connectivity index (χ0n) is 14.0. The Balaban J connectivity index is 2.15. The summed E-state index contributed by atoms with van der Waals surface area (Å²) in [5, 5.41) is 65.8. The summed E-state index contributed by atoms with van der Waals surface area (Å²) >= 11 is 0. The Hall–Kier alpha value is -1.15. The normalized spacial score (nSPS) is 18.9. The third kappa shape index (κ3) is 3.91. The van der Waals surface area contributed by atoms with Crippen LogP contribution in [-0.4, -0.2) is 86.1 Å². The second-order valence-corrected chi connectivity index (χ2v) is 8.56. The van der Waals surface area contributed by atoms with Crippen LogP contribution in [0.25, 0.3) is 0 Å². The Morgan fingerprint density at radius 3 is 2.00 bits per heavy atom. The molecule has 1 aliphatic rings. The molecule has 1 saturated heterocycles. The van der Waals surface area contributed by atoms with Crippen molar-refractivity contribution < 1.29 is 44.2 Å². The van der Waals surface area contributed by atoms with Crippen molar-refractivity contribution in [1.82, 2.24) is 4.90 Å². The molecule has 0 unspecified atom stereocenters. The Kier molecular flexibility index (Phi) is 5.52. The number of benzene rings is 1. The molecule has 11 heteroatoms. The van der Waals surface area contributed by atoms with Gasteiger partial charge in [0.2, 0.25) is 0 Å². The SMILES string of the molecule is CS(=O)(=O)c1cccc(C2CCN(C(O)(O)C(O)(O)C(O)(O)O)CC2)c1. The number of hydrogen-bond acceptors (Lipinski definition) is 10. The molecule has 1 aliphatic heterocycles. The van der Waals surface area contributed by atoms with Crippen molar-refractivity contribution in [3.63, 3.8) is 0 Å². The van der Waals surface area contributed by atoms with E-state index in [2.05, 4.69) is 0 Å². The first-order valence-corrected chi connectivity index (χ1v) is 9.68. The summed E-state index contributed by atoms with van der Waals surface area (Å²) in [6.45, 7) is -0.195. The minimum atomic E-state index is -4.17. The van der Waals surface area contributed by atoms with Gasteiger partial charge in [-0.05, 0) is 36.5 Å². The molecular weight excluding hydrogens is 370 g/mol. The number of aliphatic hydroxyl groups is 7. The number of piperidine rings is 1. The van der Waals surface area contributed by atoms with Crippen LogP contribution < -0.4 is 0 Å². The molecule has 0 aromatic heterocycles. The molecular formula is C15H23NO9S. The highest BCUT2D eigenvalue weighted by atomic mass is 32.2. The predicted molar refractivity (Wildman–Crippen MR) is 86.8 cm³/mol. The second kappa shape index (κ2) is 6.78. The van der Waals surface area contributed by atoms with Crippen LogP contribution in [0.15, 0.2) is 29.2 Å². The van der Waals surface area contributed by atoms with Gasteiger partial charge in [0.15, 0.2) is 9.84 Å². The van der Waals surface area contributed by atoms with Gasteiger partial charge in [-0.3, -0.25) is 0 Å². The van der Waals surface area contributed by atoms with Crippen LogP contribution in [0.4, 0.5) is 0 Å². The van der Waals surface area contributed by atoms with Crippen molar-refractivity contribution in [3.8, 4) is 0 Å². The molecule has 0 spiro atoms. The average molecular weight is 393 g/mol. The maximum atomic E-state index is 11.7. The summed E-state index contributed by atoms with van der Waals surface area (Å²) in [6, 6.07) is 6.34. The third-order valence-corrected chi connectivity index (χ3v) is 5.74. The van der Waals surface area contributed by atoms with E-state index in [1.807, 2.05) is 0 Å². The third-order valence-electron chi connectivity index (χ3n) is 4.63.